The second-order valence-corrected chi connectivity index (χ2v) is 4.91. The highest BCUT2D eigenvalue weighted by molar-refractivity contribution is 9.10. The number of ether oxygens (including phenoxy) is 1. The van der Waals surface area contributed by atoms with Crippen molar-refractivity contribution in [2.75, 3.05) is 6.61 Å². The summed E-state index contributed by atoms with van der Waals surface area (Å²) in [5.74, 6) is -0.499. The Hall–Kier alpha value is -0.900. The molecule has 0 aromatic carbocycles. The number of unbranched alkanes of at least 4 members (excludes halogenated alkanes) is 2. The summed E-state index contributed by atoms with van der Waals surface area (Å²) in [4.78, 5) is 15.9. The molecule has 4 heteroatoms. The van der Waals surface area contributed by atoms with Crippen LogP contribution in [0.3, 0.4) is 0 Å². The molecule has 1 aromatic heterocycles. The Balaban J connectivity index is 2.43. The number of aromatic nitrogens is 1. The molecule has 0 spiro atoms. The predicted octanol–water partition coefficient (Wildman–Crippen LogP) is 3.68. The van der Waals surface area contributed by atoms with Crippen LogP contribution in [-0.2, 0) is 9.53 Å². The van der Waals surface area contributed by atoms with Gasteiger partial charge in [-0.1, -0.05) is 19.8 Å². The topological polar surface area (TPSA) is 39.2 Å². The van der Waals surface area contributed by atoms with E-state index in [2.05, 4.69) is 27.8 Å². The van der Waals surface area contributed by atoms with E-state index in [0.29, 0.717) is 6.61 Å². The largest absolute Gasteiger partial charge is 0.465 e. The molecule has 1 heterocycles. The van der Waals surface area contributed by atoms with Gasteiger partial charge >= 0.3 is 5.97 Å². The molecule has 1 aromatic rings. The molecular formula is C13H18BrNO2. The molecule has 0 aliphatic carbocycles. The van der Waals surface area contributed by atoms with Crippen LogP contribution in [0.5, 0.6) is 0 Å². The summed E-state index contributed by atoms with van der Waals surface area (Å²) in [6.45, 7) is 4.45. The third kappa shape index (κ3) is 4.86. The molecule has 0 radical (unpaired) electrons. The molecule has 1 rings (SSSR count). The molecule has 94 valence electrons. The maximum atomic E-state index is 11.7. The minimum atomic E-state index is -0.301. The third-order valence-corrected chi connectivity index (χ3v) is 3.01. The van der Waals surface area contributed by atoms with Gasteiger partial charge in [0.15, 0.2) is 0 Å². The average Bonchev–Trinajstić information content (AvgIpc) is 2.34. The van der Waals surface area contributed by atoms with Crippen LogP contribution in [0.15, 0.2) is 22.8 Å². The van der Waals surface area contributed by atoms with Gasteiger partial charge in [0, 0.05) is 10.7 Å². The van der Waals surface area contributed by atoms with Crippen molar-refractivity contribution in [2.45, 2.75) is 39.0 Å². The molecule has 0 amide bonds. The zero-order valence-electron chi connectivity index (χ0n) is 10.3. The second kappa shape index (κ2) is 7.43. The zero-order chi connectivity index (χ0) is 12.7. The Kier molecular flexibility index (Phi) is 6.19. The molecule has 0 aliphatic rings. The van der Waals surface area contributed by atoms with Crippen LogP contribution >= 0.6 is 15.9 Å². The van der Waals surface area contributed by atoms with Gasteiger partial charge in [0.25, 0.3) is 0 Å². The summed E-state index contributed by atoms with van der Waals surface area (Å²) < 4.78 is 6.11. The summed E-state index contributed by atoms with van der Waals surface area (Å²) in [7, 11) is 0. The summed E-state index contributed by atoms with van der Waals surface area (Å²) in [6, 6.07) is 3.71. The van der Waals surface area contributed by atoms with Crippen molar-refractivity contribution in [3.63, 3.8) is 0 Å². The van der Waals surface area contributed by atoms with E-state index < -0.39 is 0 Å². The first kappa shape index (κ1) is 14.2. The van der Waals surface area contributed by atoms with Crippen molar-refractivity contribution in [3.8, 4) is 0 Å². The van der Waals surface area contributed by atoms with Gasteiger partial charge in [-0.15, -0.1) is 0 Å². The van der Waals surface area contributed by atoms with E-state index in [4.69, 9.17) is 4.74 Å². The van der Waals surface area contributed by atoms with Gasteiger partial charge in [0.2, 0.25) is 0 Å². The van der Waals surface area contributed by atoms with Gasteiger partial charge in [-0.05, 0) is 41.4 Å². The molecular weight excluding hydrogens is 282 g/mol. The monoisotopic (exact) mass is 299 g/mol. The smallest absolute Gasteiger partial charge is 0.314 e. The Labute approximate surface area is 111 Å². The first-order chi connectivity index (χ1) is 8.15. The third-order valence-electron chi connectivity index (χ3n) is 2.54. The first-order valence-electron chi connectivity index (χ1n) is 5.93. The van der Waals surface area contributed by atoms with Gasteiger partial charge in [-0.2, -0.15) is 0 Å². The van der Waals surface area contributed by atoms with Crippen molar-refractivity contribution in [1.82, 2.24) is 4.98 Å². The summed E-state index contributed by atoms with van der Waals surface area (Å²) >= 11 is 3.31. The number of nitrogens with zero attached hydrogens (tertiary/aromatic N) is 1. The maximum absolute atomic E-state index is 11.7. The number of rotatable bonds is 6. The van der Waals surface area contributed by atoms with Gasteiger partial charge in [0.05, 0.1) is 18.2 Å². The molecule has 17 heavy (non-hydrogen) atoms. The lowest BCUT2D eigenvalue weighted by Crippen LogP contribution is -2.15. The number of hydrogen-bond acceptors (Lipinski definition) is 3. The van der Waals surface area contributed by atoms with Crippen molar-refractivity contribution >= 4 is 21.9 Å². The summed E-state index contributed by atoms with van der Waals surface area (Å²) in [5.41, 5.74) is 0.744. The molecule has 0 bridgehead atoms. The number of hydrogen-bond donors (Lipinski definition) is 0. The first-order valence-corrected chi connectivity index (χ1v) is 6.72. The number of halogens is 1. The van der Waals surface area contributed by atoms with E-state index in [9.17, 15) is 4.79 Å². The van der Waals surface area contributed by atoms with Crippen molar-refractivity contribution in [1.29, 1.82) is 0 Å². The van der Waals surface area contributed by atoms with Crippen LogP contribution in [0.25, 0.3) is 0 Å². The molecule has 3 nitrogen and oxygen atoms in total. The lowest BCUT2D eigenvalue weighted by atomic mass is 10.1. The molecule has 0 aliphatic heterocycles. The van der Waals surface area contributed by atoms with Gasteiger partial charge in [0.1, 0.15) is 0 Å². The molecule has 0 saturated carbocycles. The highest BCUT2D eigenvalue weighted by atomic mass is 79.9. The minimum Gasteiger partial charge on any atom is -0.465 e. The van der Waals surface area contributed by atoms with E-state index in [1.165, 1.54) is 0 Å². The average molecular weight is 300 g/mol. The Morgan fingerprint density at radius 2 is 2.24 bits per heavy atom. The fourth-order valence-electron chi connectivity index (χ4n) is 1.41. The van der Waals surface area contributed by atoms with E-state index in [1.807, 2.05) is 19.1 Å². The Morgan fingerprint density at radius 3 is 2.82 bits per heavy atom. The van der Waals surface area contributed by atoms with Crippen molar-refractivity contribution in [2.24, 2.45) is 0 Å². The number of pyridine rings is 1. The highest BCUT2D eigenvalue weighted by Crippen LogP contribution is 2.16. The Bertz CT molecular complexity index is 351. The van der Waals surface area contributed by atoms with E-state index in [0.717, 1.165) is 29.4 Å². The molecule has 0 N–H and O–H groups in total. The maximum Gasteiger partial charge on any atom is 0.314 e. The second-order valence-electron chi connectivity index (χ2n) is 4.00. The van der Waals surface area contributed by atoms with Gasteiger partial charge in [-0.25, -0.2) is 0 Å². The van der Waals surface area contributed by atoms with Crippen LogP contribution in [-0.4, -0.2) is 17.6 Å². The van der Waals surface area contributed by atoms with E-state index in [1.54, 1.807) is 6.20 Å². The quantitative estimate of drug-likeness (QED) is 0.594. The van der Waals surface area contributed by atoms with Crippen LogP contribution in [0.1, 0.15) is 44.7 Å². The fourth-order valence-corrected chi connectivity index (χ4v) is 1.65. The van der Waals surface area contributed by atoms with Crippen LogP contribution in [0.4, 0.5) is 0 Å². The van der Waals surface area contributed by atoms with Crippen LogP contribution in [0.2, 0.25) is 0 Å². The van der Waals surface area contributed by atoms with Crippen molar-refractivity contribution < 1.29 is 9.53 Å². The van der Waals surface area contributed by atoms with Crippen LogP contribution in [0, 0.1) is 0 Å². The van der Waals surface area contributed by atoms with Crippen molar-refractivity contribution in [3.05, 3.63) is 28.5 Å². The molecule has 0 saturated heterocycles. The lowest BCUT2D eigenvalue weighted by Gasteiger charge is -2.10. The summed E-state index contributed by atoms with van der Waals surface area (Å²) in [6.07, 6.45) is 4.85. The highest BCUT2D eigenvalue weighted by Gasteiger charge is 2.17. The number of carbonyl (C=O) groups excluding carboxylic acids is 1. The lowest BCUT2D eigenvalue weighted by molar-refractivity contribution is -0.145. The Morgan fingerprint density at radius 1 is 1.47 bits per heavy atom. The number of esters is 1. The molecule has 1 unspecified atom stereocenters. The standard InChI is InChI=1S/C13H18BrNO2/c1-3-4-5-8-17-13(16)10(2)12-7-6-11(14)9-15-12/h6-7,9-10H,3-5,8H2,1-2H3. The predicted molar refractivity (Wildman–Crippen MR) is 70.8 cm³/mol. The zero-order valence-corrected chi connectivity index (χ0v) is 11.9. The van der Waals surface area contributed by atoms with E-state index in [-0.39, 0.29) is 11.9 Å². The normalized spacial score (nSPS) is 12.2. The van der Waals surface area contributed by atoms with Gasteiger partial charge in [-0.3, -0.25) is 9.78 Å². The summed E-state index contributed by atoms with van der Waals surface area (Å²) in [5, 5.41) is 0. The van der Waals surface area contributed by atoms with Gasteiger partial charge < -0.3 is 4.74 Å². The molecule has 0 fully saturated rings. The minimum absolute atomic E-state index is 0.198. The van der Waals surface area contributed by atoms with E-state index >= 15 is 0 Å². The molecule has 1 atom stereocenters. The number of carbonyl (C=O) groups is 1. The fraction of sp³-hybridized carbons (Fsp3) is 0.538. The van der Waals surface area contributed by atoms with Crippen LogP contribution < -0.4 is 0 Å². The SMILES string of the molecule is CCCCCOC(=O)C(C)c1ccc(Br)cn1.